The van der Waals surface area contributed by atoms with Gasteiger partial charge in [-0.1, -0.05) is 24.3 Å². The van der Waals surface area contributed by atoms with Crippen LogP contribution < -0.4 is 11.5 Å². The zero-order chi connectivity index (χ0) is 19.6. The summed E-state index contributed by atoms with van der Waals surface area (Å²) in [6.07, 6.45) is 0. The van der Waals surface area contributed by atoms with Crippen molar-refractivity contribution in [3.8, 4) is 10.6 Å². The molecule has 2 aromatic carbocycles. The number of fused-ring (bicyclic) bond motifs is 1. The Morgan fingerprint density at radius 3 is 1.90 bits per heavy atom. The lowest BCUT2D eigenvalue weighted by Crippen LogP contribution is -2.15. The molecule has 29 heavy (non-hydrogen) atoms. The lowest BCUT2D eigenvalue weighted by molar-refractivity contribution is 0.834. The zero-order valence-corrected chi connectivity index (χ0v) is 19.4. The minimum Gasteiger partial charge on any atom is -0.383 e. The monoisotopic (exact) mass is 451 g/mol. The maximum absolute atomic E-state index is 6.10. The summed E-state index contributed by atoms with van der Waals surface area (Å²) >= 11 is 1.64. The van der Waals surface area contributed by atoms with Crippen molar-refractivity contribution in [2.45, 2.75) is 39.8 Å². The topological polar surface area (TPSA) is 89.6 Å². The molecule has 4 N–H and O–H groups in total. The van der Waals surface area contributed by atoms with Gasteiger partial charge in [0, 0.05) is 28.8 Å². The predicted octanol–water partition coefficient (Wildman–Crippen LogP) is 5.03. The Morgan fingerprint density at radius 1 is 0.828 bits per heavy atom. The van der Waals surface area contributed by atoms with Crippen LogP contribution in [0.25, 0.3) is 20.8 Å². The van der Waals surface area contributed by atoms with Crippen LogP contribution in [0.3, 0.4) is 0 Å². The summed E-state index contributed by atoms with van der Waals surface area (Å²) in [5.41, 5.74) is 16.0. The second-order valence-electron chi connectivity index (χ2n) is 7.00. The smallest absolute Gasteiger partial charge is 0.125 e. The van der Waals surface area contributed by atoms with E-state index in [1.54, 1.807) is 11.3 Å². The summed E-state index contributed by atoms with van der Waals surface area (Å²) in [4.78, 5) is 13.6. The van der Waals surface area contributed by atoms with Crippen LogP contribution in [0.15, 0.2) is 52.4 Å². The Balaban J connectivity index is 0.00000210. The summed E-state index contributed by atoms with van der Waals surface area (Å²) < 4.78 is 1.09. The van der Waals surface area contributed by atoms with Crippen molar-refractivity contribution in [2.24, 2.45) is 21.5 Å². The predicted molar refractivity (Wildman–Crippen MR) is 131 cm³/mol. The number of amidine groups is 2. The molecule has 0 aliphatic heterocycles. The molecule has 3 aromatic rings. The molecule has 0 radical (unpaired) electrons. The molecular weight excluding hydrogens is 425 g/mol. The normalized spacial score (nSPS) is 12.2. The molecule has 0 fully saturated rings. The summed E-state index contributed by atoms with van der Waals surface area (Å²) in [7, 11) is 0. The third-order valence-electron chi connectivity index (χ3n) is 3.91. The Hall–Kier alpha value is -2.15. The summed E-state index contributed by atoms with van der Waals surface area (Å²) in [6.45, 7) is 8.04. The van der Waals surface area contributed by atoms with E-state index in [9.17, 15) is 0 Å². The van der Waals surface area contributed by atoms with Gasteiger partial charge in [0.1, 0.15) is 16.7 Å². The van der Waals surface area contributed by atoms with E-state index >= 15 is 0 Å². The van der Waals surface area contributed by atoms with Crippen LogP contribution in [0.1, 0.15) is 38.8 Å². The Morgan fingerprint density at radius 2 is 1.34 bits per heavy atom. The fourth-order valence-corrected chi connectivity index (χ4v) is 3.71. The average molecular weight is 452 g/mol. The van der Waals surface area contributed by atoms with Crippen molar-refractivity contribution in [3.05, 3.63) is 53.6 Å². The second-order valence-corrected chi connectivity index (χ2v) is 8.03. The number of benzene rings is 2. The van der Waals surface area contributed by atoms with Gasteiger partial charge >= 0.3 is 0 Å². The van der Waals surface area contributed by atoms with E-state index in [1.165, 1.54) is 0 Å². The van der Waals surface area contributed by atoms with Gasteiger partial charge in [-0.15, -0.1) is 36.2 Å². The molecule has 5 nitrogen and oxygen atoms in total. The molecule has 0 bridgehead atoms. The van der Waals surface area contributed by atoms with Gasteiger partial charge < -0.3 is 11.5 Å². The van der Waals surface area contributed by atoms with Gasteiger partial charge in [-0.3, -0.25) is 9.98 Å². The van der Waals surface area contributed by atoms with Gasteiger partial charge in [0.2, 0.25) is 0 Å². The maximum atomic E-state index is 6.10. The van der Waals surface area contributed by atoms with E-state index < -0.39 is 0 Å². The van der Waals surface area contributed by atoms with Crippen molar-refractivity contribution in [2.75, 3.05) is 0 Å². The average Bonchev–Trinajstić information content (AvgIpc) is 3.04. The van der Waals surface area contributed by atoms with Gasteiger partial charge in [0.25, 0.3) is 0 Å². The van der Waals surface area contributed by atoms with Gasteiger partial charge in [-0.25, -0.2) is 4.98 Å². The first-order chi connectivity index (χ1) is 12.8. The molecule has 0 saturated carbocycles. The quantitative estimate of drug-likeness (QED) is 0.420. The fourth-order valence-electron chi connectivity index (χ4n) is 2.70. The summed E-state index contributed by atoms with van der Waals surface area (Å²) in [6, 6.07) is 14.4. The van der Waals surface area contributed by atoms with Crippen molar-refractivity contribution in [1.82, 2.24) is 4.98 Å². The Kier molecular flexibility index (Phi) is 9.08. The van der Waals surface area contributed by atoms with E-state index in [1.807, 2.05) is 64.1 Å². The molecule has 0 aliphatic rings. The van der Waals surface area contributed by atoms with E-state index in [0.29, 0.717) is 11.7 Å². The highest BCUT2D eigenvalue weighted by molar-refractivity contribution is 7.21. The number of aromatic nitrogens is 1. The highest BCUT2D eigenvalue weighted by Crippen LogP contribution is 2.31. The number of nitrogens with zero attached hydrogens (tertiary/aromatic N) is 3. The molecule has 0 saturated heterocycles. The van der Waals surface area contributed by atoms with Crippen LogP contribution in [0.4, 0.5) is 0 Å². The minimum absolute atomic E-state index is 0. The molecule has 8 heteroatoms. The van der Waals surface area contributed by atoms with Gasteiger partial charge in [0.05, 0.1) is 10.2 Å². The zero-order valence-electron chi connectivity index (χ0n) is 16.9. The molecule has 0 aliphatic carbocycles. The number of halogens is 2. The molecule has 0 spiro atoms. The molecule has 1 aromatic heterocycles. The van der Waals surface area contributed by atoms with E-state index in [0.717, 1.165) is 31.9 Å². The molecule has 1 heterocycles. The number of aliphatic imine (C=N–C) groups is 2. The SMILES string of the molecule is CC(C)N=C(N)c1ccc(-c2nc3ccc(C(N)=NC(C)C)cc3s2)cc1.Cl.Cl. The van der Waals surface area contributed by atoms with Crippen LogP contribution in [-0.4, -0.2) is 28.7 Å². The molecule has 0 atom stereocenters. The second kappa shape index (κ2) is 10.6. The standard InChI is InChI=1S/C21H25N5S.2ClH/c1-12(2)24-19(22)14-5-7-15(8-6-14)21-26-17-10-9-16(11-18(17)27-21)20(23)25-13(3)4;;/h5-13H,1-4H3,(H2,22,24)(H2,23,25);2*1H. The first kappa shape index (κ1) is 24.9. The van der Waals surface area contributed by atoms with Crippen molar-refractivity contribution < 1.29 is 0 Å². The fraction of sp³-hybridized carbons (Fsp3) is 0.286. The Labute approximate surface area is 188 Å². The summed E-state index contributed by atoms with van der Waals surface area (Å²) in [5.74, 6) is 1.12. The lowest BCUT2D eigenvalue weighted by Gasteiger charge is -2.04. The van der Waals surface area contributed by atoms with E-state index in [2.05, 4.69) is 16.1 Å². The first-order valence-electron chi connectivity index (χ1n) is 9.02. The number of hydrogen-bond donors (Lipinski definition) is 2. The van der Waals surface area contributed by atoms with Crippen LogP contribution in [0, 0.1) is 0 Å². The van der Waals surface area contributed by atoms with Gasteiger partial charge in [-0.05, 0) is 45.9 Å². The van der Waals surface area contributed by atoms with E-state index in [-0.39, 0.29) is 36.9 Å². The minimum atomic E-state index is 0. The highest BCUT2D eigenvalue weighted by Gasteiger charge is 2.09. The van der Waals surface area contributed by atoms with Crippen molar-refractivity contribution in [1.29, 1.82) is 0 Å². The number of thiazole rings is 1. The molecule has 156 valence electrons. The molecule has 0 unspecified atom stereocenters. The van der Waals surface area contributed by atoms with E-state index in [4.69, 9.17) is 16.5 Å². The Bertz CT molecular complexity index is 1010. The van der Waals surface area contributed by atoms with Crippen molar-refractivity contribution in [3.63, 3.8) is 0 Å². The van der Waals surface area contributed by atoms with Crippen LogP contribution in [0.2, 0.25) is 0 Å². The maximum Gasteiger partial charge on any atom is 0.125 e. The molecule has 3 rings (SSSR count). The molecular formula is C21H27Cl2N5S. The lowest BCUT2D eigenvalue weighted by atomic mass is 10.1. The van der Waals surface area contributed by atoms with Crippen LogP contribution in [-0.2, 0) is 0 Å². The van der Waals surface area contributed by atoms with Gasteiger partial charge in [-0.2, -0.15) is 0 Å². The summed E-state index contributed by atoms with van der Waals surface area (Å²) in [5, 5.41) is 0.965. The number of rotatable bonds is 5. The van der Waals surface area contributed by atoms with Crippen LogP contribution in [0.5, 0.6) is 0 Å². The number of nitrogens with two attached hydrogens (primary N) is 2. The van der Waals surface area contributed by atoms with Crippen LogP contribution >= 0.6 is 36.2 Å². The van der Waals surface area contributed by atoms with Crippen molar-refractivity contribution >= 4 is 58.0 Å². The van der Waals surface area contributed by atoms with Gasteiger partial charge in [0.15, 0.2) is 0 Å². The third-order valence-corrected chi connectivity index (χ3v) is 4.97. The molecule has 0 amide bonds. The largest absolute Gasteiger partial charge is 0.383 e. The first-order valence-corrected chi connectivity index (χ1v) is 9.83. The number of hydrogen-bond acceptors (Lipinski definition) is 4. The third kappa shape index (κ3) is 6.16. The highest BCUT2D eigenvalue weighted by atomic mass is 35.5.